The van der Waals surface area contributed by atoms with Gasteiger partial charge < -0.3 is 20.3 Å². The molecule has 35 heavy (non-hydrogen) atoms. The van der Waals surface area contributed by atoms with E-state index in [1.165, 1.54) is 0 Å². The lowest BCUT2D eigenvalue weighted by Crippen LogP contribution is -2.32. The van der Waals surface area contributed by atoms with Crippen molar-refractivity contribution in [3.05, 3.63) is 88.9 Å². The molecule has 1 aliphatic rings. The summed E-state index contributed by atoms with van der Waals surface area (Å²) in [4.78, 5) is 38.9. The summed E-state index contributed by atoms with van der Waals surface area (Å²) < 4.78 is 5.57. The maximum Gasteiger partial charge on any atom is 0.262 e. The lowest BCUT2D eigenvalue weighted by atomic mass is 10.1. The highest BCUT2D eigenvalue weighted by Crippen LogP contribution is 2.27. The van der Waals surface area contributed by atoms with Crippen molar-refractivity contribution in [1.82, 2.24) is 5.32 Å². The van der Waals surface area contributed by atoms with Gasteiger partial charge in [0.1, 0.15) is 5.75 Å². The van der Waals surface area contributed by atoms with Gasteiger partial charge in [0.2, 0.25) is 11.8 Å². The zero-order chi connectivity index (χ0) is 24.8. The van der Waals surface area contributed by atoms with Crippen LogP contribution in [0.5, 0.6) is 5.75 Å². The van der Waals surface area contributed by atoms with Crippen molar-refractivity contribution in [3.63, 3.8) is 0 Å². The first-order chi connectivity index (χ1) is 16.9. The molecule has 0 aromatic heterocycles. The Kier molecular flexibility index (Phi) is 7.67. The Morgan fingerprint density at radius 1 is 1.06 bits per heavy atom. The molecule has 3 aromatic rings. The Balaban J connectivity index is 1.26. The number of halogens is 1. The number of nitrogens with one attached hydrogen (secondary N) is 2. The van der Waals surface area contributed by atoms with E-state index >= 15 is 0 Å². The second-order valence-corrected chi connectivity index (χ2v) is 8.89. The van der Waals surface area contributed by atoms with Gasteiger partial charge in [-0.25, -0.2) is 0 Å². The van der Waals surface area contributed by atoms with Crippen molar-refractivity contribution in [3.8, 4) is 5.75 Å². The molecule has 8 heteroatoms. The van der Waals surface area contributed by atoms with Crippen molar-refractivity contribution in [2.24, 2.45) is 5.92 Å². The summed E-state index contributed by atoms with van der Waals surface area (Å²) >= 11 is 5.89. The molecule has 3 amide bonds. The number of carbonyl (C=O) groups is 3. The highest BCUT2D eigenvalue weighted by molar-refractivity contribution is 6.30. The maximum absolute atomic E-state index is 12.6. The first kappa shape index (κ1) is 24.3. The van der Waals surface area contributed by atoms with E-state index in [0.29, 0.717) is 35.2 Å². The fraction of sp³-hybridized carbons (Fsp3) is 0.222. The number of rotatable bonds is 8. The number of hydrogen-bond donors (Lipinski definition) is 2. The van der Waals surface area contributed by atoms with Gasteiger partial charge in [-0.05, 0) is 66.6 Å². The van der Waals surface area contributed by atoms with E-state index in [-0.39, 0.29) is 30.7 Å². The van der Waals surface area contributed by atoms with E-state index in [4.69, 9.17) is 16.3 Å². The van der Waals surface area contributed by atoms with Crippen molar-refractivity contribution >= 4 is 40.7 Å². The predicted octanol–water partition coefficient (Wildman–Crippen LogP) is 4.34. The van der Waals surface area contributed by atoms with E-state index < -0.39 is 5.92 Å². The van der Waals surface area contributed by atoms with Crippen LogP contribution in [0.15, 0.2) is 72.8 Å². The molecule has 2 N–H and O–H groups in total. The maximum atomic E-state index is 12.6. The standard InChI is InChI=1S/C27H26ClN3O4/c1-18-3-2-4-22(13-18)30-25(32)17-35-24-11-9-23(10-12-24)31-16-20(14-26(31)33)27(34)29-15-19-5-7-21(28)8-6-19/h2-13,20H,14-17H2,1H3,(H,29,34)(H,30,32)/t20-/m0/s1. The minimum absolute atomic E-state index is 0.108. The third-order valence-corrected chi connectivity index (χ3v) is 5.95. The minimum Gasteiger partial charge on any atom is -0.484 e. The molecule has 1 atom stereocenters. The monoisotopic (exact) mass is 491 g/mol. The zero-order valence-corrected chi connectivity index (χ0v) is 20.0. The Hall–Kier alpha value is -3.84. The number of carbonyl (C=O) groups excluding carboxylic acids is 3. The van der Waals surface area contributed by atoms with Gasteiger partial charge in [-0.1, -0.05) is 35.9 Å². The summed E-state index contributed by atoms with van der Waals surface area (Å²) in [6, 6.07) is 21.7. The van der Waals surface area contributed by atoms with Gasteiger partial charge in [-0.15, -0.1) is 0 Å². The molecule has 0 spiro atoms. The van der Waals surface area contributed by atoms with Crippen LogP contribution in [-0.4, -0.2) is 30.9 Å². The van der Waals surface area contributed by atoms with Crippen LogP contribution in [0.2, 0.25) is 5.02 Å². The van der Waals surface area contributed by atoms with Gasteiger partial charge in [-0.2, -0.15) is 0 Å². The van der Waals surface area contributed by atoms with Crippen LogP contribution in [0.4, 0.5) is 11.4 Å². The van der Waals surface area contributed by atoms with Crippen LogP contribution in [0, 0.1) is 12.8 Å². The lowest BCUT2D eigenvalue weighted by Gasteiger charge is -2.17. The van der Waals surface area contributed by atoms with Crippen LogP contribution in [0.3, 0.4) is 0 Å². The van der Waals surface area contributed by atoms with Crippen LogP contribution in [0.1, 0.15) is 17.5 Å². The van der Waals surface area contributed by atoms with Gasteiger partial charge in [0.25, 0.3) is 5.91 Å². The molecule has 3 aromatic carbocycles. The number of hydrogen-bond acceptors (Lipinski definition) is 4. The van der Waals surface area contributed by atoms with Gasteiger partial charge in [0.15, 0.2) is 6.61 Å². The third-order valence-electron chi connectivity index (χ3n) is 5.70. The molecule has 1 heterocycles. The number of ether oxygens (including phenoxy) is 1. The smallest absolute Gasteiger partial charge is 0.262 e. The molecular formula is C27H26ClN3O4. The molecule has 0 saturated carbocycles. The highest BCUT2D eigenvalue weighted by Gasteiger charge is 2.35. The molecule has 0 radical (unpaired) electrons. The predicted molar refractivity (Wildman–Crippen MR) is 136 cm³/mol. The van der Waals surface area contributed by atoms with Gasteiger partial charge in [0, 0.05) is 35.9 Å². The SMILES string of the molecule is Cc1cccc(NC(=O)COc2ccc(N3C[C@@H](C(=O)NCc4ccc(Cl)cc4)CC3=O)cc2)c1. The third kappa shape index (κ3) is 6.61. The summed E-state index contributed by atoms with van der Waals surface area (Å²) in [5.74, 6) is -0.437. The molecular weight excluding hydrogens is 466 g/mol. The molecule has 0 bridgehead atoms. The van der Waals surface area contributed by atoms with Crippen molar-refractivity contribution in [2.45, 2.75) is 19.9 Å². The zero-order valence-electron chi connectivity index (χ0n) is 19.3. The second kappa shape index (κ2) is 11.1. The van der Waals surface area contributed by atoms with Gasteiger partial charge >= 0.3 is 0 Å². The number of anilines is 2. The first-order valence-corrected chi connectivity index (χ1v) is 11.7. The van der Waals surface area contributed by atoms with Gasteiger partial charge in [0.05, 0.1) is 5.92 Å². The van der Waals surface area contributed by atoms with Crippen molar-refractivity contribution in [1.29, 1.82) is 0 Å². The number of nitrogens with zero attached hydrogens (tertiary/aromatic N) is 1. The quantitative estimate of drug-likeness (QED) is 0.491. The molecule has 1 fully saturated rings. The highest BCUT2D eigenvalue weighted by atomic mass is 35.5. The minimum atomic E-state index is -0.420. The summed E-state index contributed by atoms with van der Waals surface area (Å²) in [6.07, 6.45) is 0.157. The average molecular weight is 492 g/mol. The Morgan fingerprint density at radius 2 is 1.80 bits per heavy atom. The summed E-state index contributed by atoms with van der Waals surface area (Å²) in [6.45, 7) is 2.51. The fourth-order valence-corrected chi connectivity index (χ4v) is 3.99. The lowest BCUT2D eigenvalue weighted by molar-refractivity contribution is -0.126. The summed E-state index contributed by atoms with van der Waals surface area (Å²) in [7, 11) is 0. The summed E-state index contributed by atoms with van der Waals surface area (Å²) in [5.41, 5.74) is 3.39. The van der Waals surface area contributed by atoms with E-state index in [2.05, 4.69) is 10.6 Å². The van der Waals surface area contributed by atoms with Crippen molar-refractivity contribution < 1.29 is 19.1 Å². The Bertz CT molecular complexity index is 1210. The van der Waals surface area contributed by atoms with E-state index in [1.807, 2.05) is 43.3 Å². The fourth-order valence-electron chi connectivity index (χ4n) is 3.86. The van der Waals surface area contributed by atoms with Crippen LogP contribution >= 0.6 is 11.6 Å². The van der Waals surface area contributed by atoms with E-state index in [0.717, 1.165) is 11.1 Å². The normalized spacial score (nSPS) is 15.1. The molecule has 180 valence electrons. The summed E-state index contributed by atoms with van der Waals surface area (Å²) in [5, 5.41) is 6.32. The largest absolute Gasteiger partial charge is 0.484 e. The van der Waals surface area contributed by atoms with E-state index in [9.17, 15) is 14.4 Å². The van der Waals surface area contributed by atoms with E-state index in [1.54, 1.807) is 41.3 Å². The number of benzene rings is 3. The van der Waals surface area contributed by atoms with Crippen LogP contribution in [0.25, 0.3) is 0 Å². The second-order valence-electron chi connectivity index (χ2n) is 8.45. The Morgan fingerprint density at radius 3 is 2.51 bits per heavy atom. The first-order valence-electron chi connectivity index (χ1n) is 11.3. The average Bonchev–Trinajstić information content (AvgIpc) is 3.24. The molecule has 0 unspecified atom stereocenters. The van der Waals surface area contributed by atoms with Gasteiger partial charge in [-0.3, -0.25) is 14.4 Å². The number of aryl methyl sites for hydroxylation is 1. The molecule has 7 nitrogen and oxygen atoms in total. The Labute approximate surface area is 209 Å². The van der Waals surface area contributed by atoms with Crippen molar-refractivity contribution in [2.75, 3.05) is 23.4 Å². The molecule has 0 aliphatic carbocycles. The van der Waals surface area contributed by atoms with Crippen LogP contribution < -0.4 is 20.3 Å². The molecule has 4 rings (SSSR count). The topological polar surface area (TPSA) is 87.7 Å². The molecule has 1 saturated heterocycles. The number of amides is 3. The molecule has 1 aliphatic heterocycles. The van der Waals surface area contributed by atoms with Crippen LogP contribution in [-0.2, 0) is 20.9 Å².